The average molecular weight is 1860 g/mol. The molecule has 9 heterocycles. The second-order valence-electron chi connectivity index (χ2n) is 35.9. The molecular formula is C129H82N14S. The van der Waals surface area contributed by atoms with Gasteiger partial charge in [0.05, 0.1) is 59.9 Å². The zero-order valence-electron chi connectivity index (χ0n) is 77.5. The summed E-state index contributed by atoms with van der Waals surface area (Å²) in [6.45, 7) is 0. The first-order valence-electron chi connectivity index (χ1n) is 48.2. The molecule has 29 aromatic rings. The van der Waals surface area contributed by atoms with Crippen molar-refractivity contribution in [1.82, 2.24) is 67.7 Å². The number of para-hydroxylation sites is 6. The molecule has 0 aliphatic heterocycles. The molecule has 674 valence electrons. The lowest BCUT2D eigenvalue weighted by Crippen LogP contribution is -2.07. The molecule has 29 rings (SSSR count). The molecule has 0 amide bonds. The first-order chi connectivity index (χ1) is 71.4. The molecular weight excluding hydrogens is 1780 g/mol. The van der Waals surface area contributed by atoms with Gasteiger partial charge in [0.15, 0.2) is 34.9 Å². The molecule has 0 aliphatic rings. The maximum Gasteiger partial charge on any atom is 0.238 e. The van der Waals surface area contributed by atoms with Crippen molar-refractivity contribution in [3.05, 3.63) is 497 Å². The van der Waals surface area contributed by atoms with Crippen molar-refractivity contribution in [3.63, 3.8) is 0 Å². The second-order valence-corrected chi connectivity index (χ2v) is 36.9. The zero-order chi connectivity index (χ0) is 95.1. The minimum atomic E-state index is 0.574. The summed E-state index contributed by atoms with van der Waals surface area (Å²) in [5.74, 6) is 5.55. The van der Waals surface area contributed by atoms with Crippen molar-refractivity contribution in [3.8, 4) is 131 Å². The van der Waals surface area contributed by atoms with Crippen LogP contribution in [0, 0.1) is 0 Å². The molecule has 15 heteroatoms. The van der Waals surface area contributed by atoms with E-state index in [1.165, 1.54) is 74.7 Å². The quantitative estimate of drug-likeness (QED) is 0.104. The van der Waals surface area contributed by atoms with E-state index in [2.05, 4.69) is 435 Å². The number of nitrogens with zero attached hydrogens (tertiary/aromatic N) is 14. The Morgan fingerprint density at radius 1 is 0.132 bits per heavy atom. The van der Waals surface area contributed by atoms with E-state index in [4.69, 9.17) is 44.9 Å². The Kier molecular flexibility index (Phi) is 20.7. The number of fused-ring (bicyclic) bond motifs is 21. The highest BCUT2D eigenvalue weighted by molar-refractivity contribution is 7.26. The van der Waals surface area contributed by atoms with Crippen LogP contribution in [0.5, 0.6) is 0 Å². The van der Waals surface area contributed by atoms with Gasteiger partial charge in [-0.1, -0.05) is 437 Å². The van der Waals surface area contributed by atoms with E-state index in [9.17, 15) is 0 Å². The van der Waals surface area contributed by atoms with E-state index in [0.29, 0.717) is 52.8 Å². The van der Waals surface area contributed by atoms with Crippen molar-refractivity contribution >= 4 is 141 Å². The van der Waals surface area contributed by atoms with Gasteiger partial charge in [0.25, 0.3) is 0 Å². The molecule has 0 unspecified atom stereocenters. The van der Waals surface area contributed by atoms with E-state index in [1.54, 1.807) is 0 Å². The molecule has 0 saturated heterocycles. The Hall–Kier alpha value is -19.4. The van der Waals surface area contributed by atoms with Crippen LogP contribution < -0.4 is 0 Å². The SMILES string of the molecule is c1ccc(-c2ccc(-c3nc(-c4ccccc4)nc(-n4c5ccccc5c5ccc6c7ccccc7n(-c7ccccc7)c6c54)n3)cc2)cc1.c1ccc(-c2ccc(-c3nc(-c4ccccc4)nc(-n4c5ccccc5c5ccc6c7ccccc7sc6c54)n3)cc2)cc1.c1ccc(-c2ccc(-n3c4ccccc4c4ccc5c6ccccc6n(-c6nc(-c7ccccc7)nc(-c7ccccc7)n6)c5c43)cc2)cc1. The summed E-state index contributed by atoms with van der Waals surface area (Å²) in [5.41, 5.74) is 25.7. The minimum Gasteiger partial charge on any atom is -0.307 e. The van der Waals surface area contributed by atoms with E-state index in [-0.39, 0.29) is 0 Å². The van der Waals surface area contributed by atoms with Crippen LogP contribution in [0.4, 0.5) is 0 Å². The van der Waals surface area contributed by atoms with Crippen molar-refractivity contribution in [2.24, 2.45) is 0 Å². The highest BCUT2D eigenvalue weighted by atomic mass is 32.1. The lowest BCUT2D eigenvalue weighted by molar-refractivity contribution is 0.953. The largest absolute Gasteiger partial charge is 0.307 e. The van der Waals surface area contributed by atoms with Gasteiger partial charge in [-0.15, -0.1) is 11.3 Å². The maximum atomic E-state index is 5.27. The summed E-state index contributed by atoms with van der Waals surface area (Å²) in [6, 6.07) is 174. The van der Waals surface area contributed by atoms with Crippen LogP contribution in [-0.4, -0.2) is 67.7 Å². The highest BCUT2D eigenvalue weighted by Gasteiger charge is 2.29. The van der Waals surface area contributed by atoms with Crippen LogP contribution in [0.3, 0.4) is 0 Å². The predicted octanol–water partition coefficient (Wildman–Crippen LogP) is 32.5. The molecule has 0 bridgehead atoms. The average Bonchev–Trinajstić information content (AvgIpc) is 1.53. The normalized spacial score (nSPS) is 11.6. The first kappa shape index (κ1) is 84.0. The molecule has 0 fully saturated rings. The molecule has 20 aromatic carbocycles. The summed E-state index contributed by atoms with van der Waals surface area (Å²) >= 11 is 1.82. The standard InChI is InChI=1S/2C45H29N5.C39H24N4S/c1-4-14-30(15-5-1)31-24-26-33(27-25-31)44-46-43(32-16-6-2-7-17-32)47-45(48-44)50-40-23-13-11-21-36(40)38-29-28-37-35-20-10-12-22-39(35)49(41(37)42(38)50)34-18-8-3-9-19-34;1-4-14-30(15-5-1)31-24-26-34(27-25-31)49-39-22-12-10-20-35(39)37-28-29-38-36-21-11-13-23-40(36)50(42(38)41(37)49)45-47-43(32-16-6-2-7-17-32)46-44(48-45)33-18-8-3-9-19-33;1-3-11-25(12-4-1)26-19-21-28(22-20-26)38-40-37(27-13-5-2-6-14-27)41-39(42-38)43-33-17-9-7-15-29(33)31-23-24-32-30-16-8-10-18-34(30)44-36(32)35(31)43/h2*1-29H;1-24H. The predicted molar refractivity (Wildman–Crippen MR) is 593 cm³/mol. The molecule has 0 aliphatic carbocycles. The van der Waals surface area contributed by atoms with Crippen LogP contribution in [0.1, 0.15) is 0 Å². The van der Waals surface area contributed by atoms with Gasteiger partial charge in [-0.3, -0.25) is 13.7 Å². The van der Waals surface area contributed by atoms with Crippen LogP contribution in [0.25, 0.3) is 260 Å². The molecule has 0 atom stereocenters. The van der Waals surface area contributed by atoms with Gasteiger partial charge in [-0.05, 0) is 94.0 Å². The molecule has 0 saturated carbocycles. The minimum absolute atomic E-state index is 0.574. The maximum absolute atomic E-state index is 5.27. The monoisotopic (exact) mass is 1860 g/mol. The summed E-state index contributed by atoms with van der Waals surface area (Å²) in [6.07, 6.45) is 0. The molecule has 9 aromatic heterocycles. The van der Waals surface area contributed by atoms with Crippen molar-refractivity contribution in [2.75, 3.05) is 0 Å². The van der Waals surface area contributed by atoms with Crippen molar-refractivity contribution in [2.45, 2.75) is 0 Å². The fraction of sp³-hybridized carbons (Fsp3) is 0. The topological polar surface area (TPSA) is 141 Å². The number of benzene rings is 20. The Morgan fingerprint density at radius 2 is 0.333 bits per heavy atom. The van der Waals surface area contributed by atoms with Crippen LogP contribution in [-0.2, 0) is 0 Å². The zero-order valence-corrected chi connectivity index (χ0v) is 78.3. The van der Waals surface area contributed by atoms with E-state index >= 15 is 0 Å². The summed E-state index contributed by atoms with van der Waals surface area (Å²) in [5, 5.41) is 14.2. The second kappa shape index (κ2) is 35.6. The lowest BCUT2D eigenvalue weighted by atomic mass is 10.0. The Balaban J connectivity index is 0.000000108. The Bertz CT molecular complexity index is 9910. The van der Waals surface area contributed by atoms with Gasteiger partial charge in [0.1, 0.15) is 0 Å². The van der Waals surface area contributed by atoms with Gasteiger partial charge in [0, 0.05) is 114 Å². The summed E-state index contributed by atoms with van der Waals surface area (Å²) < 4.78 is 14.0. The number of hydrogen-bond donors (Lipinski definition) is 0. The molecule has 0 N–H and O–H groups in total. The molecule has 0 spiro atoms. The van der Waals surface area contributed by atoms with Gasteiger partial charge >= 0.3 is 0 Å². The third-order valence-electron chi connectivity index (χ3n) is 27.5. The molecule has 0 radical (unpaired) electrons. The number of thiophene rings is 1. The third kappa shape index (κ3) is 14.7. The van der Waals surface area contributed by atoms with Crippen molar-refractivity contribution < 1.29 is 0 Å². The number of aromatic nitrogens is 14. The number of hydrogen-bond acceptors (Lipinski definition) is 10. The number of rotatable bonds is 14. The van der Waals surface area contributed by atoms with Gasteiger partial charge in [-0.2, -0.15) is 29.9 Å². The first-order valence-corrected chi connectivity index (χ1v) is 49.0. The van der Waals surface area contributed by atoms with E-state index in [1.807, 2.05) is 96.3 Å². The smallest absolute Gasteiger partial charge is 0.238 e. The summed E-state index contributed by atoms with van der Waals surface area (Å²) in [7, 11) is 0. The van der Waals surface area contributed by atoms with Crippen LogP contribution in [0.15, 0.2) is 497 Å². The summed E-state index contributed by atoms with van der Waals surface area (Å²) in [4.78, 5) is 46.3. The van der Waals surface area contributed by atoms with Crippen LogP contribution >= 0.6 is 11.3 Å². The van der Waals surface area contributed by atoms with Crippen LogP contribution in [0.2, 0.25) is 0 Å². The fourth-order valence-electron chi connectivity index (χ4n) is 20.8. The Labute approximate surface area is 830 Å². The van der Waals surface area contributed by atoms with Gasteiger partial charge in [-0.25, -0.2) is 15.0 Å². The van der Waals surface area contributed by atoms with E-state index < -0.39 is 0 Å². The highest BCUT2D eigenvalue weighted by Crippen LogP contribution is 2.48. The van der Waals surface area contributed by atoms with Gasteiger partial charge in [0.2, 0.25) is 17.8 Å². The van der Waals surface area contributed by atoms with Crippen molar-refractivity contribution in [1.29, 1.82) is 0 Å². The Morgan fingerprint density at radius 3 is 0.646 bits per heavy atom. The molecule has 14 nitrogen and oxygen atoms in total. The molecule has 144 heavy (non-hydrogen) atoms. The van der Waals surface area contributed by atoms with Gasteiger partial charge < -0.3 is 9.13 Å². The lowest BCUT2D eigenvalue weighted by Gasteiger charge is -2.13. The third-order valence-corrected chi connectivity index (χ3v) is 28.7. The van der Waals surface area contributed by atoms with E-state index in [0.717, 1.165) is 133 Å². The fourth-order valence-corrected chi connectivity index (χ4v) is 22.0.